The quantitative estimate of drug-likeness (QED) is 0.713. The lowest BCUT2D eigenvalue weighted by atomic mass is 10.1. The van der Waals surface area contributed by atoms with Gasteiger partial charge in [-0.3, -0.25) is 0 Å². The van der Waals surface area contributed by atoms with Gasteiger partial charge in [0, 0.05) is 25.1 Å². The van der Waals surface area contributed by atoms with Gasteiger partial charge in [0.15, 0.2) is 0 Å². The smallest absolute Gasteiger partial charge is 0.227 e. The van der Waals surface area contributed by atoms with Gasteiger partial charge in [-0.05, 0) is 17.6 Å². The summed E-state index contributed by atoms with van der Waals surface area (Å²) in [5.74, 6) is 0.730. The van der Waals surface area contributed by atoms with Gasteiger partial charge in [0.2, 0.25) is 5.13 Å². The van der Waals surface area contributed by atoms with E-state index in [0.29, 0.717) is 0 Å². The number of hydrogen-bond donors (Lipinski definition) is 0. The van der Waals surface area contributed by atoms with Crippen molar-refractivity contribution >= 4 is 16.7 Å². The van der Waals surface area contributed by atoms with Gasteiger partial charge in [-0.2, -0.15) is 0 Å². The van der Waals surface area contributed by atoms with Gasteiger partial charge in [-0.1, -0.05) is 23.4 Å². The lowest BCUT2D eigenvalue weighted by Gasteiger charge is -2.15. The minimum Gasteiger partial charge on any atom is -0.348 e. The molecule has 12 heavy (non-hydrogen) atoms. The standard InChI is InChI=1S/C7H14N4S/c1-6(2)4-5-11(3)7-8-9-10-12-7/h6H,4-5H2,1-3H3. The highest BCUT2D eigenvalue weighted by Gasteiger charge is 2.05. The second kappa shape index (κ2) is 4.35. The molecule has 0 N–H and O–H groups in total. The van der Waals surface area contributed by atoms with Crippen molar-refractivity contribution in [1.29, 1.82) is 0 Å². The number of anilines is 1. The Balaban J connectivity index is 2.34. The summed E-state index contributed by atoms with van der Waals surface area (Å²) < 4.78 is 3.71. The molecule has 0 unspecified atom stereocenters. The Morgan fingerprint density at radius 2 is 2.25 bits per heavy atom. The molecule has 0 atom stereocenters. The van der Waals surface area contributed by atoms with Crippen molar-refractivity contribution in [3.05, 3.63) is 0 Å². The van der Waals surface area contributed by atoms with E-state index in [-0.39, 0.29) is 0 Å². The van der Waals surface area contributed by atoms with Crippen LogP contribution in [0.25, 0.3) is 0 Å². The van der Waals surface area contributed by atoms with E-state index in [0.717, 1.165) is 17.6 Å². The molecule has 0 amide bonds. The summed E-state index contributed by atoms with van der Waals surface area (Å²) in [6, 6.07) is 0. The summed E-state index contributed by atoms with van der Waals surface area (Å²) in [4.78, 5) is 2.09. The summed E-state index contributed by atoms with van der Waals surface area (Å²) in [5, 5.41) is 8.32. The zero-order chi connectivity index (χ0) is 8.97. The zero-order valence-corrected chi connectivity index (χ0v) is 8.51. The number of nitrogens with zero attached hydrogens (tertiary/aromatic N) is 4. The van der Waals surface area contributed by atoms with E-state index < -0.39 is 0 Å². The largest absolute Gasteiger partial charge is 0.348 e. The molecular formula is C7H14N4S. The average Bonchev–Trinajstić information content (AvgIpc) is 2.51. The summed E-state index contributed by atoms with van der Waals surface area (Å²) in [7, 11) is 2.02. The monoisotopic (exact) mass is 186 g/mol. The number of aromatic nitrogens is 3. The van der Waals surface area contributed by atoms with Crippen LogP contribution < -0.4 is 4.90 Å². The molecule has 1 heterocycles. The van der Waals surface area contributed by atoms with Crippen LogP contribution in [0.1, 0.15) is 20.3 Å². The van der Waals surface area contributed by atoms with Gasteiger partial charge in [-0.25, -0.2) is 0 Å². The van der Waals surface area contributed by atoms with Crippen molar-refractivity contribution in [3.8, 4) is 0 Å². The average molecular weight is 186 g/mol. The minimum absolute atomic E-state index is 0.730. The highest BCUT2D eigenvalue weighted by Crippen LogP contribution is 2.12. The minimum atomic E-state index is 0.730. The first-order chi connectivity index (χ1) is 5.70. The third-order valence-electron chi connectivity index (χ3n) is 1.66. The number of hydrogen-bond acceptors (Lipinski definition) is 5. The van der Waals surface area contributed by atoms with E-state index in [1.165, 1.54) is 18.0 Å². The Labute approximate surface area is 76.8 Å². The Bertz CT molecular complexity index is 209. The van der Waals surface area contributed by atoms with Crippen LogP contribution >= 0.6 is 11.5 Å². The van der Waals surface area contributed by atoms with Crippen molar-refractivity contribution < 1.29 is 0 Å². The van der Waals surface area contributed by atoms with Crippen LogP contribution in [-0.4, -0.2) is 28.4 Å². The maximum absolute atomic E-state index is 3.88. The third-order valence-corrected chi connectivity index (χ3v) is 2.37. The van der Waals surface area contributed by atoms with Crippen LogP contribution in [0.3, 0.4) is 0 Å². The van der Waals surface area contributed by atoms with Crippen LogP contribution in [0.15, 0.2) is 0 Å². The second-order valence-electron chi connectivity index (χ2n) is 3.25. The van der Waals surface area contributed by atoms with E-state index in [9.17, 15) is 0 Å². The van der Waals surface area contributed by atoms with E-state index in [4.69, 9.17) is 0 Å². The molecule has 1 aromatic rings. The predicted molar refractivity (Wildman–Crippen MR) is 50.4 cm³/mol. The summed E-state index contributed by atoms with van der Waals surface area (Å²) in [5.41, 5.74) is 0. The Kier molecular flexibility index (Phi) is 3.40. The van der Waals surface area contributed by atoms with Gasteiger partial charge in [0.25, 0.3) is 0 Å². The fourth-order valence-corrected chi connectivity index (χ4v) is 1.27. The molecule has 4 nitrogen and oxygen atoms in total. The van der Waals surface area contributed by atoms with E-state index in [2.05, 4.69) is 33.5 Å². The fourth-order valence-electron chi connectivity index (χ4n) is 0.823. The van der Waals surface area contributed by atoms with Gasteiger partial charge in [-0.15, -0.1) is 0 Å². The van der Waals surface area contributed by atoms with Crippen LogP contribution in [0.4, 0.5) is 5.13 Å². The first-order valence-corrected chi connectivity index (χ1v) is 4.83. The molecule has 0 saturated carbocycles. The SMILES string of the molecule is CC(C)CCN(C)c1nnns1. The third kappa shape index (κ3) is 2.73. The molecule has 0 spiro atoms. The normalized spacial score (nSPS) is 10.7. The molecule has 0 bridgehead atoms. The molecule has 0 aromatic carbocycles. The first kappa shape index (κ1) is 9.38. The number of rotatable bonds is 4. The molecule has 5 heteroatoms. The fraction of sp³-hybridized carbons (Fsp3) is 0.857. The van der Waals surface area contributed by atoms with Crippen molar-refractivity contribution in [2.45, 2.75) is 20.3 Å². The van der Waals surface area contributed by atoms with Crippen molar-refractivity contribution in [3.63, 3.8) is 0 Å². The van der Waals surface area contributed by atoms with Crippen molar-refractivity contribution in [1.82, 2.24) is 14.8 Å². The molecule has 0 aliphatic carbocycles. The van der Waals surface area contributed by atoms with Gasteiger partial charge in [0.1, 0.15) is 0 Å². The van der Waals surface area contributed by atoms with E-state index in [1.807, 2.05) is 7.05 Å². The van der Waals surface area contributed by atoms with E-state index >= 15 is 0 Å². The molecule has 1 aromatic heterocycles. The maximum Gasteiger partial charge on any atom is 0.227 e. The lowest BCUT2D eigenvalue weighted by molar-refractivity contribution is 0.584. The van der Waals surface area contributed by atoms with Crippen LogP contribution in [-0.2, 0) is 0 Å². The molecule has 68 valence electrons. The topological polar surface area (TPSA) is 41.9 Å². The molecule has 0 radical (unpaired) electrons. The molecule has 0 fully saturated rings. The Morgan fingerprint density at radius 1 is 1.50 bits per heavy atom. The summed E-state index contributed by atoms with van der Waals surface area (Å²) in [6.45, 7) is 5.45. The van der Waals surface area contributed by atoms with Gasteiger partial charge < -0.3 is 4.90 Å². The van der Waals surface area contributed by atoms with Crippen LogP contribution in [0, 0.1) is 5.92 Å². The highest BCUT2D eigenvalue weighted by atomic mass is 32.1. The van der Waals surface area contributed by atoms with Crippen LogP contribution in [0.2, 0.25) is 0 Å². The highest BCUT2D eigenvalue weighted by molar-refractivity contribution is 7.09. The summed E-state index contributed by atoms with van der Waals surface area (Å²) in [6.07, 6.45) is 1.18. The van der Waals surface area contributed by atoms with Gasteiger partial charge >= 0.3 is 0 Å². The van der Waals surface area contributed by atoms with Crippen LogP contribution in [0.5, 0.6) is 0 Å². The van der Waals surface area contributed by atoms with Crippen molar-refractivity contribution in [2.75, 3.05) is 18.5 Å². The molecule has 0 saturated heterocycles. The predicted octanol–water partition coefficient (Wildman–Crippen LogP) is 1.42. The maximum atomic E-state index is 3.88. The summed E-state index contributed by atoms with van der Waals surface area (Å²) >= 11 is 1.34. The van der Waals surface area contributed by atoms with Crippen molar-refractivity contribution in [2.24, 2.45) is 5.92 Å². The zero-order valence-electron chi connectivity index (χ0n) is 7.69. The van der Waals surface area contributed by atoms with Gasteiger partial charge in [0.05, 0.1) is 0 Å². The van der Waals surface area contributed by atoms with E-state index in [1.54, 1.807) is 0 Å². The molecular weight excluding hydrogens is 172 g/mol. The first-order valence-electron chi connectivity index (χ1n) is 4.06. The Morgan fingerprint density at radius 3 is 2.75 bits per heavy atom. The molecule has 0 aliphatic heterocycles. The molecule has 1 rings (SSSR count). The molecule has 0 aliphatic rings. The Hall–Kier alpha value is -0.710. The lowest BCUT2D eigenvalue weighted by Crippen LogP contribution is -2.19. The second-order valence-corrected chi connectivity index (χ2v) is 3.96.